The molecule has 0 fully saturated rings. The van der Waals surface area contributed by atoms with E-state index < -0.39 is 0 Å². The second-order valence-corrected chi connectivity index (χ2v) is 3.64. The van der Waals surface area contributed by atoms with Crippen molar-refractivity contribution in [1.29, 1.82) is 0 Å². The van der Waals surface area contributed by atoms with Crippen molar-refractivity contribution < 1.29 is 9.47 Å². The summed E-state index contributed by atoms with van der Waals surface area (Å²) < 4.78 is 10.2. The molecule has 4 nitrogen and oxygen atoms in total. The van der Waals surface area contributed by atoms with Gasteiger partial charge in [0.2, 0.25) is 0 Å². The number of methoxy groups -OCH3 is 2. The molecule has 0 saturated carbocycles. The van der Waals surface area contributed by atoms with Gasteiger partial charge < -0.3 is 14.8 Å². The lowest BCUT2D eigenvalue weighted by Crippen LogP contribution is -2.32. The third kappa shape index (κ3) is 10.1. The van der Waals surface area contributed by atoms with Gasteiger partial charge in [-0.3, -0.25) is 4.90 Å². The van der Waals surface area contributed by atoms with Crippen LogP contribution in [0.25, 0.3) is 0 Å². The van der Waals surface area contributed by atoms with Crippen molar-refractivity contribution in [3.8, 4) is 0 Å². The fourth-order valence-corrected chi connectivity index (χ4v) is 1.41. The molecule has 0 aromatic rings. The van der Waals surface area contributed by atoms with Gasteiger partial charge in [-0.25, -0.2) is 0 Å². The molecule has 0 bridgehead atoms. The molecule has 0 heterocycles. The van der Waals surface area contributed by atoms with E-state index in [1.165, 1.54) is 12.8 Å². The maximum atomic E-state index is 5.08. The molecule has 0 radical (unpaired) electrons. The molecule has 0 saturated heterocycles. The highest BCUT2D eigenvalue weighted by Crippen LogP contribution is 1.95. The highest BCUT2D eigenvalue weighted by Gasteiger charge is 2.03. The van der Waals surface area contributed by atoms with E-state index in [2.05, 4.69) is 10.2 Å². The lowest BCUT2D eigenvalue weighted by Gasteiger charge is -2.21. The zero-order valence-electron chi connectivity index (χ0n) is 10.4. The Balaban J connectivity index is 3.49. The first-order chi connectivity index (χ1) is 7.35. The lowest BCUT2D eigenvalue weighted by molar-refractivity contribution is 0.113. The third-order valence-electron chi connectivity index (χ3n) is 2.37. The van der Waals surface area contributed by atoms with Crippen LogP contribution in [0.3, 0.4) is 0 Å². The van der Waals surface area contributed by atoms with Crippen molar-refractivity contribution in [3.05, 3.63) is 0 Å². The van der Waals surface area contributed by atoms with E-state index in [4.69, 9.17) is 9.47 Å². The molecular weight excluding hydrogens is 192 g/mol. The van der Waals surface area contributed by atoms with Crippen LogP contribution in [0.4, 0.5) is 0 Å². The summed E-state index contributed by atoms with van der Waals surface area (Å²) in [6.45, 7) is 5.83. The molecule has 1 N–H and O–H groups in total. The van der Waals surface area contributed by atoms with E-state index in [0.717, 1.165) is 39.4 Å². The van der Waals surface area contributed by atoms with Gasteiger partial charge in [-0.15, -0.1) is 0 Å². The zero-order chi connectivity index (χ0) is 11.4. The molecule has 0 amide bonds. The second kappa shape index (κ2) is 11.9. The van der Waals surface area contributed by atoms with Gasteiger partial charge >= 0.3 is 0 Å². The number of ether oxygens (including phenoxy) is 2. The number of nitrogens with one attached hydrogen (secondary N) is 1. The molecule has 0 spiro atoms. The third-order valence-corrected chi connectivity index (χ3v) is 2.37. The van der Waals surface area contributed by atoms with Crippen LogP contribution in [-0.4, -0.2) is 65.6 Å². The molecule has 0 aromatic heterocycles. The Morgan fingerprint density at radius 2 is 1.53 bits per heavy atom. The van der Waals surface area contributed by atoms with Gasteiger partial charge in [0, 0.05) is 27.3 Å². The van der Waals surface area contributed by atoms with Crippen molar-refractivity contribution >= 4 is 0 Å². The summed E-state index contributed by atoms with van der Waals surface area (Å²) in [5.74, 6) is 0. The van der Waals surface area contributed by atoms with E-state index in [1.54, 1.807) is 14.2 Å². The van der Waals surface area contributed by atoms with E-state index in [9.17, 15) is 0 Å². The number of hydrogen-bond acceptors (Lipinski definition) is 4. The Labute approximate surface area is 93.9 Å². The lowest BCUT2D eigenvalue weighted by atomic mass is 10.3. The van der Waals surface area contributed by atoms with Gasteiger partial charge in [-0.2, -0.15) is 0 Å². The van der Waals surface area contributed by atoms with Crippen LogP contribution in [0.2, 0.25) is 0 Å². The average Bonchev–Trinajstić information content (AvgIpc) is 2.27. The summed E-state index contributed by atoms with van der Waals surface area (Å²) in [5, 5.41) is 3.16. The highest BCUT2D eigenvalue weighted by molar-refractivity contribution is 4.58. The van der Waals surface area contributed by atoms with Gasteiger partial charge in [-0.05, 0) is 33.0 Å². The van der Waals surface area contributed by atoms with Crippen LogP contribution in [0.1, 0.15) is 12.8 Å². The smallest absolute Gasteiger partial charge is 0.0589 e. The molecule has 0 aliphatic carbocycles. The minimum Gasteiger partial charge on any atom is -0.383 e. The first-order valence-electron chi connectivity index (χ1n) is 5.70. The van der Waals surface area contributed by atoms with E-state index >= 15 is 0 Å². The summed E-state index contributed by atoms with van der Waals surface area (Å²) >= 11 is 0. The van der Waals surface area contributed by atoms with Gasteiger partial charge in [-0.1, -0.05) is 0 Å². The molecule has 92 valence electrons. The second-order valence-electron chi connectivity index (χ2n) is 3.64. The summed E-state index contributed by atoms with van der Waals surface area (Å²) in [7, 11) is 5.48. The van der Waals surface area contributed by atoms with Crippen LogP contribution in [0, 0.1) is 0 Å². The summed E-state index contributed by atoms with van der Waals surface area (Å²) in [4.78, 5) is 2.39. The highest BCUT2D eigenvalue weighted by atomic mass is 16.5. The van der Waals surface area contributed by atoms with Gasteiger partial charge in [0.15, 0.2) is 0 Å². The minimum absolute atomic E-state index is 0.801. The van der Waals surface area contributed by atoms with Gasteiger partial charge in [0.05, 0.1) is 13.2 Å². The Morgan fingerprint density at radius 3 is 2.00 bits per heavy atom. The van der Waals surface area contributed by atoms with E-state index in [1.807, 2.05) is 7.05 Å². The van der Waals surface area contributed by atoms with Crippen molar-refractivity contribution in [3.63, 3.8) is 0 Å². The molecule has 0 aliphatic heterocycles. The maximum Gasteiger partial charge on any atom is 0.0589 e. The molecule has 0 atom stereocenters. The first kappa shape index (κ1) is 14.8. The molecule has 0 aliphatic rings. The van der Waals surface area contributed by atoms with E-state index in [-0.39, 0.29) is 0 Å². The SMILES string of the molecule is CNCCCCN(CCOC)CCOC. The largest absolute Gasteiger partial charge is 0.383 e. The topological polar surface area (TPSA) is 33.7 Å². The predicted octanol–water partition coefficient (Wildman–Crippen LogP) is 0.581. The molecule has 15 heavy (non-hydrogen) atoms. The number of hydrogen-bond donors (Lipinski definition) is 1. The van der Waals surface area contributed by atoms with Crippen molar-refractivity contribution in [2.24, 2.45) is 0 Å². The Morgan fingerprint density at radius 1 is 0.933 bits per heavy atom. The number of unbranched alkanes of at least 4 members (excludes halogenated alkanes) is 1. The first-order valence-corrected chi connectivity index (χ1v) is 5.70. The average molecular weight is 218 g/mol. The predicted molar refractivity (Wildman–Crippen MR) is 63.4 cm³/mol. The van der Waals surface area contributed by atoms with Crippen molar-refractivity contribution in [2.75, 3.05) is 60.7 Å². The van der Waals surface area contributed by atoms with E-state index in [0.29, 0.717) is 0 Å². The van der Waals surface area contributed by atoms with Crippen LogP contribution >= 0.6 is 0 Å². The standard InChI is InChI=1S/C11H26N2O2/c1-12-6-4-5-7-13(8-10-14-2)9-11-15-3/h12H,4-11H2,1-3H3. The normalized spacial score (nSPS) is 11.2. The molecule has 0 aromatic carbocycles. The molecular formula is C11H26N2O2. The monoisotopic (exact) mass is 218 g/mol. The van der Waals surface area contributed by atoms with Crippen LogP contribution in [-0.2, 0) is 9.47 Å². The van der Waals surface area contributed by atoms with Crippen molar-refractivity contribution in [1.82, 2.24) is 10.2 Å². The van der Waals surface area contributed by atoms with Gasteiger partial charge in [0.25, 0.3) is 0 Å². The van der Waals surface area contributed by atoms with Crippen molar-refractivity contribution in [2.45, 2.75) is 12.8 Å². The van der Waals surface area contributed by atoms with Crippen LogP contribution in [0.5, 0.6) is 0 Å². The Kier molecular flexibility index (Phi) is 11.8. The Hall–Kier alpha value is -0.160. The fourth-order valence-electron chi connectivity index (χ4n) is 1.41. The summed E-state index contributed by atoms with van der Waals surface area (Å²) in [5.41, 5.74) is 0. The number of nitrogens with zero attached hydrogens (tertiary/aromatic N) is 1. The summed E-state index contributed by atoms with van der Waals surface area (Å²) in [6.07, 6.45) is 2.46. The van der Waals surface area contributed by atoms with Gasteiger partial charge in [0.1, 0.15) is 0 Å². The Bertz CT molecular complexity index is 115. The zero-order valence-corrected chi connectivity index (χ0v) is 10.4. The summed E-state index contributed by atoms with van der Waals surface area (Å²) in [6, 6.07) is 0. The fraction of sp³-hybridized carbons (Fsp3) is 1.00. The minimum atomic E-state index is 0.801. The molecule has 0 unspecified atom stereocenters. The van der Waals surface area contributed by atoms with Crippen LogP contribution in [0.15, 0.2) is 0 Å². The quantitative estimate of drug-likeness (QED) is 0.514. The number of rotatable bonds is 11. The van der Waals surface area contributed by atoms with Crippen LogP contribution < -0.4 is 5.32 Å². The molecule has 0 rings (SSSR count). The molecule has 4 heteroatoms. The maximum absolute atomic E-state index is 5.08.